The number of allylic oxidation sites excluding steroid dienone is 3. The molecule has 0 amide bonds. The van der Waals surface area contributed by atoms with Crippen LogP contribution in [0.1, 0.15) is 27.7 Å². The molecule has 0 fully saturated rings. The van der Waals surface area contributed by atoms with Crippen LogP contribution in [0.2, 0.25) is 0 Å². The third kappa shape index (κ3) is 2.66. The van der Waals surface area contributed by atoms with Crippen molar-refractivity contribution < 1.29 is 19.1 Å². The minimum Gasteiger partial charge on any atom is -0.422 e. The lowest BCUT2D eigenvalue weighted by atomic mass is 9.81. The first-order valence-corrected chi connectivity index (χ1v) is 4.93. The number of hydrogen-bond acceptors (Lipinski definition) is 4. The summed E-state index contributed by atoms with van der Waals surface area (Å²) in [5.41, 5.74) is 0.0266. The van der Waals surface area contributed by atoms with Gasteiger partial charge in [0.05, 0.1) is 0 Å². The summed E-state index contributed by atoms with van der Waals surface area (Å²) in [6.07, 6.45) is 2.31. The van der Waals surface area contributed by atoms with E-state index in [-0.39, 0.29) is 11.5 Å². The molecular weight excluding hydrogens is 208 g/mol. The van der Waals surface area contributed by atoms with E-state index in [4.69, 9.17) is 0 Å². The Bertz CT molecular complexity index is 419. The standard InChI is InChI=1S/C12H14O4/c1-7(13)16-11-6-9(14)8(5-10(11)15)12(2,3)4/h5-6H,1-4H3. The minimum atomic E-state index is -0.611. The smallest absolute Gasteiger partial charge is 0.308 e. The third-order valence-electron chi connectivity index (χ3n) is 2.11. The largest absolute Gasteiger partial charge is 0.422 e. The number of ketones is 2. The summed E-state index contributed by atoms with van der Waals surface area (Å²) in [6.45, 7) is 6.71. The van der Waals surface area contributed by atoms with E-state index in [1.54, 1.807) is 0 Å². The highest BCUT2D eigenvalue weighted by atomic mass is 16.5. The summed E-state index contributed by atoms with van der Waals surface area (Å²) >= 11 is 0. The van der Waals surface area contributed by atoms with E-state index in [9.17, 15) is 14.4 Å². The molecule has 0 aromatic heterocycles. The lowest BCUT2D eigenvalue weighted by molar-refractivity contribution is -0.139. The van der Waals surface area contributed by atoms with Gasteiger partial charge in [0, 0.05) is 18.6 Å². The highest BCUT2D eigenvalue weighted by Crippen LogP contribution is 2.29. The van der Waals surface area contributed by atoms with Gasteiger partial charge in [-0.15, -0.1) is 0 Å². The van der Waals surface area contributed by atoms with Crippen LogP contribution in [0, 0.1) is 5.41 Å². The predicted molar refractivity (Wildman–Crippen MR) is 57.4 cm³/mol. The predicted octanol–water partition coefficient (Wildman–Crippen LogP) is 1.56. The molecule has 0 saturated heterocycles. The van der Waals surface area contributed by atoms with Gasteiger partial charge < -0.3 is 4.74 Å². The van der Waals surface area contributed by atoms with Gasteiger partial charge in [-0.25, -0.2) is 0 Å². The molecule has 0 aromatic carbocycles. The summed E-state index contributed by atoms with van der Waals surface area (Å²) in [5.74, 6) is -1.55. The zero-order valence-corrected chi connectivity index (χ0v) is 9.79. The second-order valence-corrected chi connectivity index (χ2v) is 4.64. The van der Waals surface area contributed by atoms with Crippen molar-refractivity contribution in [3.05, 3.63) is 23.5 Å². The molecule has 86 valence electrons. The molecule has 0 aromatic rings. The van der Waals surface area contributed by atoms with Crippen molar-refractivity contribution in [2.75, 3.05) is 0 Å². The van der Waals surface area contributed by atoms with Gasteiger partial charge in [-0.3, -0.25) is 14.4 Å². The number of rotatable bonds is 1. The fourth-order valence-electron chi connectivity index (χ4n) is 1.36. The maximum atomic E-state index is 11.7. The number of carbonyl (C=O) groups excluding carboxylic acids is 3. The van der Waals surface area contributed by atoms with E-state index in [2.05, 4.69) is 4.74 Å². The van der Waals surface area contributed by atoms with Gasteiger partial charge in [0.15, 0.2) is 11.5 Å². The first kappa shape index (κ1) is 12.4. The Hall–Kier alpha value is -1.71. The van der Waals surface area contributed by atoms with E-state index in [0.717, 1.165) is 6.08 Å². The van der Waals surface area contributed by atoms with Crippen LogP contribution >= 0.6 is 0 Å². The fraction of sp³-hybridized carbons (Fsp3) is 0.417. The second-order valence-electron chi connectivity index (χ2n) is 4.64. The molecule has 4 heteroatoms. The van der Waals surface area contributed by atoms with Crippen LogP contribution in [0.4, 0.5) is 0 Å². The van der Waals surface area contributed by atoms with Crippen molar-refractivity contribution in [2.45, 2.75) is 27.7 Å². The first-order valence-electron chi connectivity index (χ1n) is 4.93. The zero-order valence-electron chi connectivity index (χ0n) is 9.79. The van der Waals surface area contributed by atoms with Gasteiger partial charge in [0.25, 0.3) is 0 Å². The molecule has 0 N–H and O–H groups in total. The topological polar surface area (TPSA) is 60.4 Å². The Morgan fingerprint density at radius 1 is 1.12 bits per heavy atom. The average Bonchev–Trinajstić information content (AvgIpc) is 2.07. The van der Waals surface area contributed by atoms with Crippen molar-refractivity contribution in [3.63, 3.8) is 0 Å². The molecule has 0 atom stereocenters. The molecule has 1 rings (SSSR count). The van der Waals surface area contributed by atoms with Gasteiger partial charge >= 0.3 is 5.97 Å². The van der Waals surface area contributed by atoms with Gasteiger partial charge in [-0.05, 0) is 11.5 Å². The molecule has 0 bridgehead atoms. The monoisotopic (exact) mass is 222 g/mol. The molecule has 0 aliphatic heterocycles. The number of carbonyl (C=O) groups is 3. The van der Waals surface area contributed by atoms with Crippen molar-refractivity contribution >= 4 is 17.5 Å². The van der Waals surface area contributed by atoms with Gasteiger partial charge in [0.2, 0.25) is 5.78 Å². The second kappa shape index (κ2) is 4.04. The SMILES string of the molecule is CC(=O)OC1=CC(=O)C(C(C)(C)C)=CC1=O. The number of esters is 1. The Morgan fingerprint density at radius 2 is 1.69 bits per heavy atom. The molecule has 4 nitrogen and oxygen atoms in total. The van der Waals surface area contributed by atoms with Crippen molar-refractivity contribution in [1.29, 1.82) is 0 Å². The van der Waals surface area contributed by atoms with Crippen LogP contribution in [-0.4, -0.2) is 17.5 Å². The average molecular weight is 222 g/mol. The number of hydrogen-bond donors (Lipinski definition) is 0. The summed E-state index contributed by atoms with van der Waals surface area (Å²) in [4.78, 5) is 33.9. The number of ether oxygens (including phenoxy) is 1. The van der Waals surface area contributed by atoms with E-state index >= 15 is 0 Å². The Balaban J connectivity index is 3.02. The van der Waals surface area contributed by atoms with Crippen LogP contribution in [-0.2, 0) is 19.1 Å². The Labute approximate surface area is 94.0 Å². The molecular formula is C12H14O4. The Kier molecular flexibility index (Phi) is 3.12. The van der Waals surface area contributed by atoms with E-state index in [1.165, 1.54) is 13.0 Å². The van der Waals surface area contributed by atoms with Crippen LogP contribution in [0.5, 0.6) is 0 Å². The van der Waals surface area contributed by atoms with E-state index < -0.39 is 17.2 Å². The fourth-order valence-corrected chi connectivity index (χ4v) is 1.36. The first-order chi connectivity index (χ1) is 7.21. The van der Waals surface area contributed by atoms with Crippen molar-refractivity contribution in [2.24, 2.45) is 5.41 Å². The lowest BCUT2D eigenvalue weighted by Gasteiger charge is -2.23. The van der Waals surface area contributed by atoms with Crippen LogP contribution < -0.4 is 0 Å². The normalized spacial score (nSPS) is 16.8. The molecule has 0 radical (unpaired) electrons. The van der Waals surface area contributed by atoms with Crippen LogP contribution in [0.3, 0.4) is 0 Å². The van der Waals surface area contributed by atoms with Crippen molar-refractivity contribution in [1.82, 2.24) is 0 Å². The van der Waals surface area contributed by atoms with Gasteiger partial charge in [-0.1, -0.05) is 20.8 Å². The molecule has 0 spiro atoms. The molecule has 0 unspecified atom stereocenters. The third-order valence-corrected chi connectivity index (χ3v) is 2.11. The summed E-state index contributed by atoms with van der Waals surface area (Å²) in [7, 11) is 0. The van der Waals surface area contributed by atoms with Crippen LogP contribution in [0.25, 0.3) is 0 Å². The maximum Gasteiger partial charge on any atom is 0.308 e. The summed E-state index contributed by atoms with van der Waals surface area (Å²) in [5, 5.41) is 0. The highest BCUT2D eigenvalue weighted by molar-refractivity contribution is 6.20. The summed E-state index contributed by atoms with van der Waals surface area (Å²) in [6, 6.07) is 0. The maximum absolute atomic E-state index is 11.7. The minimum absolute atomic E-state index is 0.203. The summed E-state index contributed by atoms with van der Waals surface area (Å²) < 4.78 is 4.64. The molecule has 1 aliphatic rings. The van der Waals surface area contributed by atoms with Gasteiger partial charge in [-0.2, -0.15) is 0 Å². The van der Waals surface area contributed by atoms with Gasteiger partial charge in [0.1, 0.15) is 0 Å². The van der Waals surface area contributed by atoms with E-state index in [1.807, 2.05) is 20.8 Å². The molecule has 1 aliphatic carbocycles. The molecule has 16 heavy (non-hydrogen) atoms. The van der Waals surface area contributed by atoms with Crippen molar-refractivity contribution in [3.8, 4) is 0 Å². The lowest BCUT2D eigenvalue weighted by Crippen LogP contribution is -2.24. The molecule has 0 saturated carbocycles. The quantitative estimate of drug-likeness (QED) is 0.499. The zero-order chi connectivity index (χ0) is 12.5. The van der Waals surface area contributed by atoms with Crippen LogP contribution in [0.15, 0.2) is 23.5 Å². The Morgan fingerprint density at radius 3 is 2.12 bits per heavy atom. The van der Waals surface area contributed by atoms with E-state index in [0.29, 0.717) is 5.57 Å². The molecule has 0 heterocycles. The highest BCUT2D eigenvalue weighted by Gasteiger charge is 2.29.